The maximum absolute atomic E-state index is 14.0. The molecule has 0 saturated carbocycles. The highest BCUT2D eigenvalue weighted by Crippen LogP contribution is 2.30. The average molecular weight is 489 g/mol. The molecule has 0 spiro atoms. The monoisotopic (exact) mass is 488 g/mol. The minimum Gasteiger partial charge on any atom is -0.370 e. The number of nitrogens with zero attached hydrogens (tertiary/aromatic N) is 1. The lowest BCUT2D eigenvalue weighted by molar-refractivity contribution is -0.141. The van der Waals surface area contributed by atoms with Crippen molar-refractivity contribution in [1.82, 2.24) is 10.3 Å². The van der Waals surface area contributed by atoms with E-state index in [0.717, 1.165) is 37.3 Å². The summed E-state index contributed by atoms with van der Waals surface area (Å²) in [6.07, 6.45) is 0.329. The van der Waals surface area contributed by atoms with Crippen LogP contribution in [-0.4, -0.2) is 32.1 Å². The predicted molar refractivity (Wildman–Crippen MR) is 118 cm³/mol. The van der Waals surface area contributed by atoms with E-state index in [1.54, 1.807) is 0 Å². The van der Waals surface area contributed by atoms with E-state index >= 15 is 0 Å². The fourth-order valence-electron chi connectivity index (χ4n) is 2.65. The molecule has 12 heteroatoms. The van der Waals surface area contributed by atoms with Gasteiger partial charge in [0, 0.05) is 24.7 Å². The number of rotatable bonds is 10. The second-order valence-electron chi connectivity index (χ2n) is 7.15. The molecule has 1 aromatic carbocycles. The van der Waals surface area contributed by atoms with Gasteiger partial charge in [0.1, 0.15) is 17.3 Å². The Morgan fingerprint density at radius 1 is 1.18 bits per heavy atom. The number of sulfonamides is 1. The molecule has 0 atom stereocenters. The van der Waals surface area contributed by atoms with Crippen molar-refractivity contribution in [2.45, 2.75) is 32.5 Å². The second-order valence-corrected chi connectivity index (χ2v) is 8.90. The van der Waals surface area contributed by atoms with Crippen LogP contribution in [0.2, 0.25) is 0 Å². The molecule has 1 heterocycles. The van der Waals surface area contributed by atoms with E-state index in [4.69, 9.17) is 0 Å². The predicted octanol–water partition coefficient (Wildman–Crippen LogP) is 4.15. The summed E-state index contributed by atoms with van der Waals surface area (Å²) in [6.45, 7) is 2.31. The van der Waals surface area contributed by atoms with Gasteiger partial charge in [-0.25, -0.2) is 17.8 Å². The Morgan fingerprint density at radius 3 is 2.52 bits per heavy atom. The number of hydrogen-bond donors (Lipinski definition) is 3. The third kappa shape index (κ3) is 8.72. The average Bonchev–Trinajstić information content (AvgIpc) is 2.71. The van der Waals surface area contributed by atoms with Crippen molar-refractivity contribution in [1.29, 1.82) is 0 Å². The van der Waals surface area contributed by atoms with Gasteiger partial charge >= 0.3 is 6.18 Å². The molecular weight excluding hydrogens is 464 g/mol. The summed E-state index contributed by atoms with van der Waals surface area (Å²) in [7, 11) is -3.64. The van der Waals surface area contributed by atoms with Crippen LogP contribution in [0.5, 0.6) is 0 Å². The fourth-order valence-corrected chi connectivity index (χ4v) is 3.22. The molecule has 0 aliphatic heterocycles. The van der Waals surface area contributed by atoms with Crippen LogP contribution in [0.15, 0.2) is 36.4 Å². The lowest BCUT2D eigenvalue weighted by Crippen LogP contribution is -2.20. The zero-order valence-electron chi connectivity index (χ0n) is 18.0. The number of carbonyl (C=O) groups is 1. The van der Waals surface area contributed by atoms with Gasteiger partial charge in [-0.3, -0.25) is 9.52 Å². The Balaban J connectivity index is 2.06. The van der Waals surface area contributed by atoms with Gasteiger partial charge in [0.2, 0.25) is 15.9 Å². The standard InChI is InChI=1S/C21H24F4N4O3S/c1-3-4-11-26-20-15(6-9-18(28-20)21(23,24)25)7-10-19(30)27-13-14-5-8-17(16(22)12-14)29-33(2,31)32/h5-10,12,29H,3-4,11,13H2,1-2H3,(H,26,28)(H,27,30)/b10-7-. The molecule has 0 fully saturated rings. The SMILES string of the molecule is CCCCNc1nc(C(F)(F)F)ccc1/C=C\C(=O)NCc1ccc(NS(C)(=O)=O)c(F)c1. The van der Waals surface area contributed by atoms with Crippen LogP contribution in [0.25, 0.3) is 6.08 Å². The van der Waals surface area contributed by atoms with Crippen LogP contribution >= 0.6 is 0 Å². The van der Waals surface area contributed by atoms with E-state index in [1.165, 1.54) is 24.3 Å². The van der Waals surface area contributed by atoms with Crippen LogP contribution in [0.1, 0.15) is 36.6 Å². The third-order valence-electron chi connectivity index (χ3n) is 4.25. The van der Waals surface area contributed by atoms with E-state index < -0.39 is 33.6 Å². The van der Waals surface area contributed by atoms with E-state index in [0.29, 0.717) is 17.7 Å². The Hall–Kier alpha value is -3.15. The first kappa shape index (κ1) is 26.1. The smallest absolute Gasteiger partial charge is 0.370 e. The number of alkyl halides is 3. The molecule has 1 amide bonds. The van der Waals surface area contributed by atoms with Gasteiger partial charge in [-0.1, -0.05) is 19.4 Å². The Kier molecular flexibility index (Phi) is 8.80. The van der Waals surface area contributed by atoms with Crippen molar-refractivity contribution < 1.29 is 30.8 Å². The first-order valence-corrected chi connectivity index (χ1v) is 11.8. The van der Waals surface area contributed by atoms with Gasteiger partial charge in [0.25, 0.3) is 0 Å². The topological polar surface area (TPSA) is 100 Å². The van der Waals surface area contributed by atoms with Gasteiger partial charge in [0.15, 0.2) is 0 Å². The maximum Gasteiger partial charge on any atom is 0.433 e. The number of hydrogen-bond acceptors (Lipinski definition) is 5. The number of pyridine rings is 1. The van der Waals surface area contributed by atoms with Gasteiger partial charge in [0.05, 0.1) is 11.9 Å². The third-order valence-corrected chi connectivity index (χ3v) is 4.84. The summed E-state index contributed by atoms with van der Waals surface area (Å²) in [5.41, 5.74) is -0.577. The van der Waals surface area contributed by atoms with Gasteiger partial charge in [-0.2, -0.15) is 13.2 Å². The molecule has 0 saturated heterocycles. The molecule has 0 aliphatic carbocycles. The Morgan fingerprint density at radius 2 is 1.91 bits per heavy atom. The summed E-state index contributed by atoms with van der Waals surface area (Å²) in [4.78, 5) is 15.7. The number of halogens is 4. The number of carbonyl (C=O) groups excluding carboxylic acids is 1. The number of nitrogens with one attached hydrogen (secondary N) is 3. The first-order valence-electron chi connectivity index (χ1n) is 9.93. The van der Waals surface area contributed by atoms with Crippen LogP contribution in [-0.2, 0) is 27.5 Å². The van der Waals surface area contributed by atoms with Crippen molar-refractivity contribution in [2.75, 3.05) is 22.8 Å². The normalized spacial score (nSPS) is 12.1. The fraction of sp³-hybridized carbons (Fsp3) is 0.333. The molecule has 1 aromatic heterocycles. The lowest BCUT2D eigenvalue weighted by atomic mass is 10.2. The molecule has 0 unspecified atom stereocenters. The van der Waals surface area contributed by atoms with Crippen LogP contribution in [0.3, 0.4) is 0 Å². The van der Waals surface area contributed by atoms with Gasteiger partial charge in [-0.15, -0.1) is 0 Å². The number of anilines is 2. The first-order chi connectivity index (χ1) is 15.4. The van der Waals surface area contributed by atoms with Gasteiger partial charge in [-0.05, 0) is 42.3 Å². The van der Waals surface area contributed by atoms with Crippen molar-refractivity contribution in [3.63, 3.8) is 0 Å². The van der Waals surface area contributed by atoms with Crippen LogP contribution in [0, 0.1) is 5.82 Å². The number of aromatic nitrogens is 1. The second kappa shape index (κ2) is 11.1. The molecule has 2 aromatic rings. The van der Waals surface area contributed by atoms with E-state index in [2.05, 4.69) is 15.6 Å². The van der Waals surface area contributed by atoms with Crippen molar-refractivity contribution in [3.05, 3.63) is 59.0 Å². The molecule has 0 bridgehead atoms. The molecule has 0 aliphatic rings. The highest BCUT2D eigenvalue weighted by molar-refractivity contribution is 7.92. The minimum absolute atomic E-state index is 0.0124. The maximum atomic E-state index is 14.0. The summed E-state index contributed by atoms with van der Waals surface area (Å²) < 4.78 is 77.3. The Labute approximate surface area is 189 Å². The van der Waals surface area contributed by atoms with E-state index in [9.17, 15) is 30.8 Å². The molecular formula is C21H24F4N4O3S. The largest absolute Gasteiger partial charge is 0.433 e. The summed E-state index contributed by atoms with van der Waals surface area (Å²) in [5, 5.41) is 5.37. The van der Waals surface area contributed by atoms with E-state index in [1.807, 2.05) is 11.6 Å². The molecule has 2 rings (SSSR count). The summed E-state index contributed by atoms with van der Waals surface area (Å²) in [6, 6.07) is 5.80. The molecule has 33 heavy (non-hydrogen) atoms. The van der Waals surface area contributed by atoms with Crippen LogP contribution < -0.4 is 15.4 Å². The summed E-state index contributed by atoms with van der Waals surface area (Å²) >= 11 is 0. The summed E-state index contributed by atoms with van der Waals surface area (Å²) in [5.74, 6) is -1.35. The minimum atomic E-state index is -4.59. The van der Waals surface area contributed by atoms with Crippen molar-refractivity contribution in [3.8, 4) is 0 Å². The van der Waals surface area contributed by atoms with Crippen molar-refractivity contribution in [2.24, 2.45) is 0 Å². The zero-order valence-corrected chi connectivity index (χ0v) is 18.8. The lowest BCUT2D eigenvalue weighted by Gasteiger charge is -2.12. The van der Waals surface area contributed by atoms with Crippen LogP contribution in [0.4, 0.5) is 29.1 Å². The highest BCUT2D eigenvalue weighted by atomic mass is 32.2. The number of amides is 1. The van der Waals surface area contributed by atoms with E-state index in [-0.39, 0.29) is 18.1 Å². The zero-order chi connectivity index (χ0) is 24.6. The Bertz CT molecular complexity index is 1120. The molecule has 180 valence electrons. The van der Waals surface area contributed by atoms with Crippen molar-refractivity contribution >= 4 is 33.5 Å². The molecule has 3 N–H and O–H groups in total. The molecule has 7 nitrogen and oxygen atoms in total. The number of unbranched alkanes of at least 4 members (excludes halogenated alkanes) is 1. The quantitative estimate of drug-likeness (QED) is 0.265. The number of benzene rings is 1. The highest BCUT2D eigenvalue weighted by Gasteiger charge is 2.32. The van der Waals surface area contributed by atoms with Gasteiger partial charge < -0.3 is 10.6 Å². The molecule has 0 radical (unpaired) electrons.